The normalized spacial score (nSPS) is 10.5. The third-order valence-electron chi connectivity index (χ3n) is 3.33. The van der Waals surface area contributed by atoms with E-state index in [0.717, 1.165) is 24.1 Å². The summed E-state index contributed by atoms with van der Waals surface area (Å²) in [5.41, 5.74) is 2.87. The van der Waals surface area contributed by atoms with Crippen molar-refractivity contribution in [3.8, 4) is 5.75 Å². The molecule has 0 saturated heterocycles. The summed E-state index contributed by atoms with van der Waals surface area (Å²) in [5.74, 6) is 0.263. The second-order valence-corrected chi connectivity index (χ2v) is 4.97. The molecule has 2 rings (SSSR count). The lowest BCUT2D eigenvalue weighted by Crippen LogP contribution is -2.16. The van der Waals surface area contributed by atoms with Gasteiger partial charge in [-0.15, -0.1) is 0 Å². The average Bonchev–Trinajstić information content (AvgIpc) is 2.46. The van der Waals surface area contributed by atoms with Crippen LogP contribution < -0.4 is 5.32 Å². The molecule has 110 valence electrons. The molecule has 0 aliphatic carbocycles. The molecule has 0 bridgehead atoms. The number of benzene rings is 2. The number of nitro benzene ring substituents is 1. The molecule has 0 saturated carbocycles. The molecule has 0 aliphatic rings. The molecule has 2 N–H and O–H groups in total. The Morgan fingerprint density at radius 1 is 1.14 bits per heavy atom. The molecule has 0 spiro atoms. The summed E-state index contributed by atoms with van der Waals surface area (Å²) in [4.78, 5) is 10.5. The summed E-state index contributed by atoms with van der Waals surface area (Å²) in [5, 5.41) is 23.3. The van der Waals surface area contributed by atoms with Crippen molar-refractivity contribution in [3.05, 3.63) is 69.3 Å². The van der Waals surface area contributed by atoms with E-state index in [1.807, 2.05) is 18.2 Å². The van der Waals surface area contributed by atoms with Gasteiger partial charge in [0.15, 0.2) is 0 Å². The first-order chi connectivity index (χ1) is 10.1. The Labute approximate surface area is 123 Å². The molecule has 5 nitrogen and oxygen atoms in total. The van der Waals surface area contributed by atoms with E-state index in [2.05, 4.69) is 5.32 Å². The molecule has 0 aromatic heterocycles. The van der Waals surface area contributed by atoms with Crippen LogP contribution in [0.4, 0.5) is 5.69 Å². The second kappa shape index (κ2) is 6.85. The Balaban J connectivity index is 1.85. The largest absolute Gasteiger partial charge is 0.508 e. The van der Waals surface area contributed by atoms with Crippen LogP contribution in [0.15, 0.2) is 42.5 Å². The number of aromatic hydroxyl groups is 1. The molecule has 21 heavy (non-hydrogen) atoms. The molecule has 0 aliphatic heterocycles. The number of hydrogen-bond donors (Lipinski definition) is 2. The SMILES string of the molecule is Cc1ccc(CNCCc2ccc(O)cc2)cc1[N+](=O)[O-]. The lowest BCUT2D eigenvalue weighted by atomic mass is 10.1. The van der Waals surface area contributed by atoms with E-state index >= 15 is 0 Å². The quantitative estimate of drug-likeness (QED) is 0.486. The van der Waals surface area contributed by atoms with Gasteiger partial charge in [0.2, 0.25) is 0 Å². The van der Waals surface area contributed by atoms with E-state index in [9.17, 15) is 15.2 Å². The Morgan fingerprint density at radius 2 is 1.81 bits per heavy atom. The van der Waals surface area contributed by atoms with Crippen LogP contribution >= 0.6 is 0 Å². The summed E-state index contributed by atoms with van der Waals surface area (Å²) < 4.78 is 0. The van der Waals surface area contributed by atoms with Crippen LogP contribution in [-0.2, 0) is 13.0 Å². The fraction of sp³-hybridized carbons (Fsp3) is 0.250. The van der Waals surface area contributed by atoms with Crippen LogP contribution in [0.3, 0.4) is 0 Å². The third kappa shape index (κ3) is 4.29. The van der Waals surface area contributed by atoms with Gasteiger partial charge in [0.25, 0.3) is 5.69 Å². The van der Waals surface area contributed by atoms with Gasteiger partial charge >= 0.3 is 0 Å². The first kappa shape index (κ1) is 15.0. The molecule has 0 atom stereocenters. The number of aryl methyl sites for hydroxylation is 1. The van der Waals surface area contributed by atoms with Gasteiger partial charge in [-0.1, -0.05) is 24.3 Å². The first-order valence-corrected chi connectivity index (χ1v) is 6.79. The Kier molecular flexibility index (Phi) is 4.90. The summed E-state index contributed by atoms with van der Waals surface area (Å²) in [6.45, 7) is 3.10. The van der Waals surface area contributed by atoms with Crippen molar-refractivity contribution in [2.45, 2.75) is 19.9 Å². The highest BCUT2D eigenvalue weighted by atomic mass is 16.6. The summed E-state index contributed by atoms with van der Waals surface area (Å²) >= 11 is 0. The highest BCUT2D eigenvalue weighted by molar-refractivity contribution is 5.42. The van der Waals surface area contributed by atoms with Crippen molar-refractivity contribution >= 4 is 5.69 Å². The van der Waals surface area contributed by atoms with Crippen molar-refractivity contribution in [2.75, 3.05) is 6.54 Å². The number of nitro groups is 1. The maximum Gasteiger partial charge on any atom is 0.272 e. The summed E-state index contributed by atoms with van der Waals surface area (Å²) in [6, 6.07) is 12.4. The molecule has 0 radical (unpaired) electrons. The average molecular weight is 286 g/mol. The first-order valence-electron chi connectivity index (χ1n) is 6.79. The number of rotatable bonds is 6. The van der Waals surface area contributed by atoms with Gasteiger partial charge in [0.05, 0.1) is 4.92 Å². The Bertz CT molecular complexity index is 624. The van der Waals surface area contributed by atoms with Crippen LogP contribution in [0.25, 0.3) is 0 Å². The van der Waals surface area contributed by atoms with Crippen LogP contribution in [-0.4, -0.2) is 16.6 Å². The molecule has 0 heterocycles. The number of nitrogens with zero attached hydrogens (tertiary/aromatic N) is 1. The van der Waals surface area contributed by atoms with Gasteiger partial charge in [-0.05, 0) is 43.1 Å². The van der Waals surface area contributed by atoms with E-state index < -0.39 is 0 Å². The van der Waals surface area contributed by atoms with Gasteiger partial charge in [-0.25, -0.2) is 0 Å². The molecule has 0 amide bonds. The van der Waals surface area contributed by atoms with E-state index in [-0.39, 0.29) is 16.4 Å². The number of nitrogens with one attached hydrogen (secondary N) is 1. The third-order valence-corrected chi connectivity index (χ3v) is 3.33. The van der Waals surface area contributed by atoms with E-state index in [1.165, 1.54) is 0 Å². The highest BCUT2D eigenvalue weighted by Gasteiger charge is 2.10. The van der Waals surface area contributed by atoms with Crippen LogP contribution in [0.2, 0.25) is 0 Å². The zero-order valence-electron chi connectivity index (χ0n) is 11.9. The molecule has 2 aromatic rings. The molecular weight excluding hydrogens is 268 g/mol. The maximum atomic E-state index is 10.9. The van der Waals surface area contributed by atoms with Gasteiger partial charge in [-0.2, -0.15) is 0 Å². The molecule has 0 fully saturated rings. The van der Waals surface area contributed by atoms with Gasteiger partial charge in [-0.3, -0.25) is 10.1 Å². The standard InChI is InChI=1S/C16H18N2O3/c1-12-2-3-14(10-16(12)18(20)21)11-17-9-8-13-4-6-15(19)7-5-13/h2-7,10,17,19H,8-9,11H2,1H3. The Morgan fingerprint density at radius 3 is 2.48 bits per heavy atom. The zero-order valence-corrected chi connectivity index (χ0v) is 11.9. The molecule has 0 unspecified atom stereocenters. The van der Waals surface area contributed by atoms with Crippen LogP contribution in [0.5, 0.6) is 5.75 Å². The van der Waals surface area contributed by atoms with Crippen LogP contribution in [0, 0.1) is 17.0 Å². The predicted octanol–water partition coefficient (Wildman–Crippen LogP) is 2.94. The minimum atomic E-state index is -0.352. The van der Waals surface area contributed by atoms with Gasteiger partial charge in [0.1, 0.15) is 5.75 Å². The summed E-state index contributed by atoms with van der Waals surface area (Å²) in [7, 11) is 0. The highest BCUT2D eigenvalue weighted by Crippen LogP contribution is 2.19. The second-order valence-electron chi connectivity index (χ2n) is 4.97. The maximum absolute atomic E-state index is 10.9. The van der Waals surface area contributed by atoms with Crippen molar-refractivity contribution in [1.82, 2.24) is 5.32 Å². The number of phenolic OH excluding ortho intramolecular Hbond substituents is 1. The Hall–Kier alpha value is -2.40. The smallest absolute Gasteiger partial charge is 0.272 e. The van der Waals surface area contributed by atoms with Gasteiger partial charge in [0, 0.05) is 18.2 Å². The zero-order chi connectivity index (χ0) is 15.2. The lowest BCUT2D eigenvalue weighted by Gasteiger charge is -2.06. The van der Waals surface area contributed by atoms with E-state index in [1.54, 1.807) is 31.2 Å². The van der Waals surface area contributed by atoms with Crippen molar-refractivity contribution in [3.63, 3.8) is 0 Å². The van der Waals surface area contributed by atoms with Crippen molar-refractivity contribution in [2.24, 2.45) is 0 Å². The fourth-order valence-corrected chi connectivity index (χ4v) is 2.09. The minimum Gasteiger partial charge on any atom is -0.508 e. The summed E-state index contributed by atoms with van der Waals surface area (Å²) in [6.07, 6.45) is 0.842. The number of phenols is 1. The minimum absolute atomic E-state index is 0.160. The van der Waals surface area contributed by atoms with Gasteiger partial charge < -0.3 is 10.4 Å². The van der Waals surface area contributed by atoms with Crippen molar-refractivity contribution < 1.29 is 10.0 Å². The molecule has 5 heteroatoms. The van der Waals surface area contributed by atoms with Crippen LogP contribution in [0.1, 0.15) is 16.7 Å². The van der Waals surface area contributed by atoms with E-state index in [4.69, 9.17) is 0 Å². The topological polar surface area (TPSA) is 75.4 Å². The number of hydrogen-bond acceptors (Lipinski definition) is 4. The molecule has 2 aromatic carbocycles. The van der Waals surface area contributed by atoms with E-state index in [0.29, 0.717) is 12.1 Å². The predicted molar refractivity (Wildman–Crippen MR) is 81.4 cm³/mol. The fourth-order valence-electron chi connectivity index (χ4n) is 2.09. The lowest BCUT2D eigenvalue weighted by molar-refractivity contribution is -0.385. The van der Waals surface area contributed by atoms with Crippen molar-refractivity contribution in [1.29, 1.82) is 0 Å². The monoisotopic (exact) mass is 286 g/mol. The molecular formula is C16H18N2O3.